The molecule has 2 aromatic heterocycles. The molecule has 0 unspecified atom stereocenters. The normalized spacial score (nSPS) is 11.3. The van der Waals surface area contributed by atoms with E-state index in [0.717, 1.165) is 0 Å². The number of rotatable bonds is 1. The summed E-state index contributed by atoms with van der Waals surface area (Å²) in [6.45, 7) is 0. The number of para-hydroxylation sites is 2. The van der Waals surface area contributed by atoms with Crippen molar-refractivity contribution in [1.29, 1.82) is 0 Å². The number of halogens is 4. The third-order valence-corrected chi connectivity index (χ3v) is 4.66. The molecule has 2 heterocycles. The SMILES string of the molecule is Clc1nc2cccc(-c3nc4cccc(Cl)c4nc3Cl)c2nc1Cl. The molecule has 0 N–H and O–H groups in total. The zero-order valence-corrected chi connectivity index (χ0v) is 14.8. The van der Waals surface area contributed by atoms with Crippen LogP contribution in [-0.4, -0.2) is 19.9 Å². The van der Waals surface area contributed by atoms with Gasteiger partial charge in [0.05, 0.1) is 16.1 Å². The van der Waals surface area contributed by atoms with E-state index in [0.29, 0.717) is 38.3 Å². The van der Waals surface area contributed by atoms with Crippen LogP contribution in [0.3, 0.4) is 0 Å². The van der Waals surface area contributed by atoms with Gasteiger partial charge in [-0.05, 0) is 18.2 Å². The van der Waals surface area contributed by atoms with Gasteiger partial charge in [0, 0.05) is 5.56 Å². The Morgan fingerprint density at radius 2 is 1.21 bits per heavy atom. The predicted octanol–water partition coefficient (Wildman–Crippen LogP) is 5.85. The minimum absolute atomic E-state index is 0.115. The Bertz CT molecular complexity index is 1110. The maximum atomic E-state index is 6.34. The summed E-state index contributed by atoms with van der Waals surface area (Å²) in [5, 5.41) is 0.963. The fourth-order valence-corrected chi connectivity index (χ4v) is 3.12. The summed E-state index contributed by atoms with van der Waals surface area (Å²) < 4.78 is 0. The van der Waals surface area contributed by atoms with Gasteiger partial charge in [0.25, 0.3) is 0 Å². The van der Waals surface area contributed by atoms with Crippen molar-refractivity contribution < 1.29 is 0 Å². The highest BCUT2D eigenvalue weighted by molar-refractivity contribution is 6.41. The van der Waals surface area contributed by atoms with Gasteiger partial charge in [0.15, 0.2) is 15.5 Å². The van der Waals surface area contributed by atoms with E-state index in [1.165, 1.54) is 0 Å². The van der Waals surface area contributed by atoms with Crippen molar-refractivity contribution >= 4 is 68.5 Å². The van der Waals surface area contributed by atoms with E-state index in [-0.39, 0.29) is 15.5 Å². The molecule has 2 aromatic carbocycles. The number of hydrogen-bond donors (Lipinski definition) is 0. The molecule has 8 heteroatoms. The Hall–Kier alpha value is -1.72. The molecule has 0 saturated heterocycles. The van der Waals surface area contributed by atoms with Crippen LogP contribution in [0.15, 0.2) is 36.4 Å². The molecule has 0 aliphatic rings. The van der Waals surface area contributed by atoms with Crippen LogP contribution in [0.2, 0.25) is 20.5 Å². The molecule has 0 amide bonds. The average molecular weight is 396 g/mol. The van der Waals surface area contributed by atoms with Crippen LogP contribution in [0.4, 0.5) is 0 Å². The lowest BCUT2D eigenvalue weighted by atomic mass is 10.1. The summed E-state index contributed by atoms with van der Waals surface area (Å²) in [5.74, 6) is 0. The van der Waals surface area contributed by atoms with E-state index in [2.05, 4.69) is 19.9 Å². The van der Waals surface area contributed by atoms with E-state index in [4.69, 9.17) is 46.4 Å². The van der Waals surface area contributed by atoms with E-state index < -0.39 is 0 Å². The second kappa shape index (κ2) is 5.97. The predicted molar refractivity (Wildman–Crippen MR) is 98.1 cm³/mol. The molecule has 4 rings (SSSR count). The topological polar surface area (TPSA) is 51.6 Å². The molecule has 4 nitrogen and oxygen atoms in total. The molecule has 0 atom stereocenters. The summed E-state index contributed by atoms with van der Waals surface area (Å²) in [6, 6.07) is 10.8. The van der Waals surface area contributed by atoms with E-state index in [1.807, 2.05) is 18.2 Å². The second-order valence-corrected chi connectivity index (χ2v) is 6.43. The van der Waals surface area contributed by atoms with Crippen molar-refractivity contribution in [3.05, 3.63) is 56.9 Å². The van der Waals surface area contributed by atoms with Crippen LogP contribution in [-0.2, 0) is 0 Å². The largest absolute Gasteiger partial charge is 0.243 e. The molecular weight excluding hydrogens is 390 g/mol. The van der Waals surface area contributed by atoms with Gasteiger partial charge < -0.3 is 0 Å². The zero-order valence-electron chi connectivity index (χ0n) is 11.8. The standard InChI is InChI=1S/C16H6Cl4N4/c17-8-4-2-6-10-13(8)24-14(18)12(21-10)7-3-1-5-9-11(7)23-16(20)15(19)22-9/h1-6H. The van der Waals surface area contributed by atoms with Crippen molar-refractivity contribution in [2.24, 2.45) is 0 Å². The Morgan fingerprint density at radius 1 is 0.583 bits per heavy atom. The Kier molecular flexibility index (Phi) is 3.93. The van der Waals surface area contributed by atoms with Crippen LogP contribution < -0.4 is 0 Å². The number of hydrogen-bond acceptors (Lipinski definition) is 4. The molecule has 0 bridgehead atoms. The van der Waals surface area contributed by atoms with Gasteiger partial charge in [0.2, 0.25) is 0 Å². The van der Waals surface area contributed by atoms with E-state index >= 15 is 0 Å². The summed E-state index contributed by atoms with van der Waals surface area (Å²) in [6.07, 6.45) is 0. The first-order valence-electron chi connectivity index (χ1n) is 6.78. The quantitative estimate of drug-likeness (QED) is 0.405. The molecule has 0 radical (unpaired) electrons. The van der Waals surface area contributed by atoms with Crippen LogP contribution in [0, 0.1) is 0 Å². The van der Waals surface area contributed by atoms with Gasteiger partial charge in [-0.3, -0.25) is 0 Å². The zero-order chi connectivity index (χ0) is 16.8. The van der Waals surface area contributed by atoms with Crippen molar-refractivity contribution in [2.45, 2.75) is 0 Å². The molecule has 0 aliphatic carbocycles. The molecule has 4 aromatic rings. The van der Waals surface area contributed by atoms with Gasteiger partial charge in [-0.25, -0.2) is 19.9 Å². The van der Waals surface area contributed by atoms with Crippen molar-refractivity contribution in [1.82, 2.24) is 19.9 Å². The third-order valence-electron chi connectivity index (χ3n) is 3.47. The van der Waals surface area contributed by atoms with Crippen LogP contribution in [0.25, 0.3) is 33.3 Å². The Morgan fingerprint density at radius 3 is 2.00 bits per heavy atom. The first kappa shape index (κ1) is 15.8. The number of fused-ring (bicyclic) bond motifs is 2. The molecular formula is C16H6Cl4N4. The fourth-order valence-electron chi connectivity index (χ4n) is 2.42. The summed E-state index contributed by atoms with van der Waals surface area (Å²) in [7, 11) is 0. The van der Waals surface area contributed by atoms with E-state index in [9.17, 15) is 0 Å². The van der Waals surface area contributed by atoms with Gasteiger partial charge >= 0.3 is 0 Å². The highest BCUT2D eigenvalue weighted by Crippen LogP contribution is 2.33. The number of aromatic nitrogens is 4. The molecule has 118 valence electrons. The highest BCUT2D eigenvalue weighted by Gasteiger charge is 2.16. The van der Waals surface area contributed by atoms with Gasteiger partial charge in [0.1, 0.15) is 16.7 Å². The monoisotopic (exact) mass is 394 g/mol. The molecule has 0 fully saturated rings. The van der Waals surface area contributed by atoms with E-state index in [1.54, 1.807) is 18.2 Å². The minimum Gasteiger partial charge on any atom is -0.243 e. The highest BCUT2D eigenvalue weighted by atomic mass is 35.5. The summed E-state index contributed by atoms with van der Waals surface area (Å²) in [5.41, 5.74) is 3.45. The number of nitrogens with zero attached hydrogens (tertiary/aromatic N) is 4. The second-order valence-electron chi connectivity index (χ2n) is 4.95. The average Bonchev–Trinajstić information content (AvgIpc) is 2.56. The first-order chi connectivity index (χ1) is 11.5. The minimum atomic E-state index is 0.115. The van der Waals surface area contributed by atoms with Gasteiger partial charge in [-0.15, -0.1) is 0 Å². The van der Waals surface area contributed by atoms with Crippen LogP contribution >= 0.6 is 46.4 Å². The van der Waals surface area contributed by atoms with Gasteiger partial charge in [-0.1, -0.05) is 64.6 Å². The van der Waals surface area contributed by atoms with Crippen molar-refractivity contribution in [2.75, 3.05) is 0 Å². The maximum Gasteiger partial charge on any atom is 0.167 e. The first-order valence-corrected chi connectivity index (χ1v) is 8.29. The molecule has 0 aliphatic heterocycles. The lowest BCUT2D eigenvalue weighted by Gasteiger charge is -2.09. The lowest BCUT2D eigenvalue weighted by Crippen LogP contribution is -1.95. The Balaban J connectivity index is 2.06. The molecule has 24 heavy (non-hydrogen) atoms. The third kappa shape index (κ3) is 2.56. The van der Waals surface area contributed by atoms with Gasteiger partial charge in [-0.2, -0.15) is 0 Å². The smallest absolute Gasteiger partial charge is 0.167 e. The van der Waals surface area contributed by atoms with Crippen molar-refractivity contribution in [3.63, 3.8) is 0 Å². The number of benzene rings is 2. The Labute approximate surface area is 156 Å². The molecule has 0 saturated carbocycles. The summed E-state index contributed by atoms with van der Waals surface area (Å²) >= 11 is 24.4. The maximum absolute atomic E-state index is 6.34. The lowest BCUT2D eigenvalue weighted by molar-refractivity contribution is 1.27. The summed E-state index contributed by atoms with van der Waals surface area (Å²) in [4.78, 5) is 17.5. The molecule has 0 spiro atoms. The van der Waals surface area contributed by atoms with Crippen LogP contribution in [0.1, 0.15) is 0 Å². The van der Waals surface area contributed by atoms with Crippen molar-refractivity contribution in [3.8, 4) is 11.3 Å². The fraction of sp³-hybridized carbons (Fsp3) is 0. The van der Waals surface area contributed by atoms with Crippen LogP contribution in [0.5, 0.6) is 0 Å².